The van der Waals surface area contributed by atoms with Crippen molar-refractivity contribution in [2.75, 3.05) is 9.80 Å². The smallest absolute Gasteiger partial charge is 0.0546 e. The average molecular weight is 563 g/mol. The van der Waals surface area contributed by atoms with Crippen LogP contribution in [0.3, 0.4) is 0 Å². The number of hydrogen-bond donors (Lipinski definition) is 0. The lowest BCUT2D eigenvalue weighted by molar-refractivity contribution is 1.30. The van der Waals surface area contributed by atoms with E-state index in [4.69, 9.17) is 0 Å². The summed E-state index contributed by atoms with van der Waals surface area (Å²) in [5.41, 5.74) is 6.83. The van der Waals surface area contributed by atoms with Crippen molar-refractivity contribution in [2.45, 2.75) is 0 Å². The molecule has 0 aliphatic rings. The van der Waals surface area contributed by atoms with Crippen LogP contribution in [-0.4, -0.2) is 0 Å². The molecule has 2 heteroatoms. The Bertz CT molecular complexity index is 2130. The van der Waals surface area contributed by atoms with E-state index < -0.39 is 0 Å². The number of rotatable bonds is 6. The van der Waals surface area contributed by atoms with Crippen molar-refractivity contribution in [2.24, 2.45) is 0 Å². The molecule has 0 bridgehead atoms. The standard InChI is InChI=1S/C42H30N2/c1-5-16-31(17-6-1)43(32-18-7-2-8-19-32)41-27-15-26-36-39(41)29-28-37-35-24-13-14-25-38(35)42(30-40(36)37)44(33-20-9-3-10-21-33)34-22-11-4-12-23-34/h1-30H. The molecule has 8 rings (SSSR count). The highest BCUT2D eigenvalue weighted by Crippen LogP contribution is 2.45. The summed E-state index contributed by atoms with van der Waals surface area (Å²) in [6, 6.07) is 65.1. The molecule has 0 radical (unpaired) electrons. The number of hydrogen-bond acceptors (Lipinski definition) is 2. The van der Waals surface area contributed by atoms with E-state index in [1.165, 1.54) is 32.3 Å². The first-order chi connectivity index (χ1) is 21.9. The summed E-state index contributed by atoms with van der Waals surface area (Å²) < 4.78 is 0. The van der Waals surface area contributed by atoms with Gasteiger partial charge in [-0.05, 0) is 82.2 Å². The Morgan fingerprint density at radius 3 is 1.09 bits per heavy atom. The molecule has 44 heavy (non-hydrogen) atoms. The van der Waals surface area contributed by atoms with Crippen molar-refractivity contribution in [1.82, 2.24) is 0 Å². The zero-order valence-corrected chi connectivity index (χ0v) is 24.2. The van der Waals surface area contributed by atoms with Gasteiger partial charge in [-0.25, -0.2) is 0 Å². The molecule has 0 aromatic heterocycles. The van der Waals surface area contributed by atoms with Crippen LogP contribution >= 0.6 is 0 Å². The number of fused-ring (bicyclic) bond motifs is 5. The third-order valence-electron chi connectivity index (χ3n) is 8.39. The second-order valence-corrected chi connectivity index (χ2v) is 11.0. The van der Waals surface area contributed by atoms with E-state index in [1.807, 2.05) is 0 Å². The molecule has 0 heterocycles. The zero-order chi connectivity index (χ0) is 29.3. The molecule has 0 N–H and O–H groups in total. The third kappa shape index (κ3) is 4.45. The summed E-state index contributed by atoms with van der Waals surface area (Å²) in [5, 5.41) is 7.38. The van der Waals surface area contributed by atoms with E-state index in [2.05, 4.69) is 192 Å². The summed E-state index contributed by atoms with van der Waals surface area (Å²) in [7, 11) is 0. The van der Waals surface area contributed by atoms with Gasteiger partial charge in [-0.3, -0.25) is 0 Å². The van der Waals surface area contributed by atoms with Crippen LogP contribution < -0.4 is 9.80 Å². The number of nitrogens with zero attached hydrogens (tertiary/aromatic N) is 2. The van der Waals surface area contributed by atoms with Gasteiger partial charge in [0.15, 0.2) is 0 Å². The monoisotopic (exact) mass is 562 g/mol. The van der Waals surface area contributed by atoms with Crippen LogP contribution in [0.2, 0.25) is 0 Å². The lowest BCUT2D eigenvalue weighted by atomic mass is 9.94. The molecule has 0 aliphatic carbocycles. The fourth-order valence-corrected chi connectivity index (χ4v) is 6.45. The minimum atomic E-state index is 1.13. The van der Waals surface area contributed by atoms with Gasteiger partial charge >= 0.3 is 0 Å². The molecule has 8 aromatic carbocycles. The second kappa shape index (κ2) is 11.1. The zero-order valence-electron chi connectivity index (χ0n) is 24.2. The maximum atomic E-state index is 2.39. The van der Waals surface area contributed by atoms with E-state index in [9.17, 15) is 0 Å². The molecule has 0 fully saturated rings. The molecule has 0 saturated heterocycles. The molecule has 0 amide bonds. The van der Waals surface area contributed by atoms with Crippen LogP contribution in [0.5, 0.6) is 0 Å². The molecule has 2 nitrogen and oxygen atoms in total. The van der Waals surface area contributed by atoms with E-state index >= 15 is 0 Å². The first-order valence-corrected chi connectivity index (χ1v) is 15.0. The largest absolute Gasteiger partial charge is 0.310 e. The Hall–Kier alpha value is -5.86. The predicted molar refractivity (Wildman–Crippen MR) is 188 cm³/mol. The fraction of sp³-hybridized carbons (Fsp3) is 0. The summed E-state index contributed by atoms with van der Waals surface area (Å²) >= 11 is 0. The van der Waals surface area contributed by atoms with Gasteiger partial charge in [0.2, 0.25) is 0 Å². The van der Waals surface area contributed by atoms with Crippen LogP contribution in [0.1, 0.15) is 0 Å². The van der Waals surface area contributed by atoms with Gasteiger partial charge in [0.25, 0.3) is 0 Å². The summed E-state index contributed by atoms with van der Waals surface area (Å²) in [4.78, 5) is 4.74. The van der Waals surface area contributed by atoms with Gasteiger partial charge in [-0.15, -0.1) is 0 Å². The van der Waals surface area contributed by atoms with Crippen LogP contribution in [-0.2, 0) is 0 Å². The normalized spacial score (nSPS) is 11.2. The van der Waals surface area contributed by atoms with Crippen LogP contribution in [0.4, 0.5) is 34.1 Å². The highest BCUT2D eigenvalue weighted by atomic mass is 15.1. The van der Waals surface area contributed by atoms with Gasteiger partial charge in [-0.1, -0.05) is 121 Å². The Morgan fingerprint density at radius 2 is 0.568 bits per heavy atom. The molecular formula is C42H30N2. The predicted octanol–water partition coefficient (Wildman–Crippen LogP) is 12.1. The quantitative estimate of drug-likeness (QED) is 0.186. The lowest BCUT2D eigenvalue weighted by Gasteiger charge is -2.28. The Labute approximate surface area is 257 Å². The minimum absolute atomic E-state index is 1.13. The topological polar surface area (TPSA) is 6.48 Å². The van der Waals surface area contributed by atoms with E-state index in [-0.39, 0.29) is 0 Å². The van der Waals surface area contributed by atoms with Crippen molar-refractivity contribution in [3.8, 4) is 0 Å². The van der Waals surface area contributed by atoms with Crippen molar-refractivity contribution in [3.05, 3.63) is 182 Å². The van der Waals surface area contributed by atoms with Gasteiger partial charge in [0, 0.05) is 33.5 Å². The van der Waals surface area contributed by atoms with Gasteiger partial charge in [-0.2, -0.15) is 0 Å². The molecule has 0 spiro atoms. The fourth-order valence-electron chi connectivity index (χ4n) is 6.45. The van der Waals surface area contributed by atoms with Gasteiger partial charge in [0.1, 0.15) is 0 Å². The lowest BCUT2D eigenvalue weighted by Crippen LogP contribution is -2.11. The first kappa shape index (κ1) is 25.8. The molecule has 208 valence electrons. The van der Waals surface area contributed by atoms with E-state index in [0.717, 1.165) is 34.1 Å². The van der Waals surface area contributed by atoms with E-state index in [0.29, 0.717) is 0 Å². The SMILES string of the molecule is c1ccc(N(c2ccccc2)c2cc3c4cccc(N(c5ccccc5)c5ccccc5)c4ccc3c3ccccc23)cc1. The van der Waals surface area contributed by atoms with Gasteiger partial charge < -0.3 is 9.80 Å². The number of anilines is 6. The Kier molecular flexibility index (Phi) is 6.51. The Morgan fingerprint density at radius 1 is 0.227 bits per heavy atom. The van der Waals surface area contributed by atoms with Crippen molar-refractivity contribution in [3.63, 3.8) is 0 Å². The second-order valence-electron chi connectivity index (χ2n) is 11.0. The highest BCUT2D eigenvalue weighted by molar-refractivity contribution is 6.23. The van der Waals surface area contributed by atoms with Crippen molar-refractivity contribution >= 4 is 66.4 Å². The maximum Gasteiger partial charge on any atom is 0.0546 e. The summed E-state index contributed by atoms with van der Waals surface area (Å²) in [6.07, 6.45) is 0. The summed E-state index contributed by atoms with van der Waals surface area (Å²) in [5.74, 6) is 0. The van der Waals surface area contributed by atoms with Gasteiger partial charge in [0.05, 0.1) is 11.4 Å². The number of para-hydroxylation sites is 4. The Balaban J connectivity index is 1.44. The molecular weight excluding hydrogens is 532 g/mol. The average Bonchev–Trinajstić information content (AvgIpc) is 3.10. The van der Waals surface area contributed by atoms with Crippen LogP contribution in [0, 0.1) is 0 Å². The minimum Gasteiger partial charge on any atom is -0.310 e. The molecule has 0 saturated carbocycles. The highest BCUT2D eigenvalue weighted by Gasteiger charge is 2.20. The third-order valence-corrected chi connectivity index (χ3v) is 8.39. The van der Waals surface area contributed by atoms with Crippen LogP contribution in [0.25, 0.3) is 32.3 Å². The molecule has 0 atom stereocenters. The molecule has 0 unspecified atom stereocenters. The van der Waals surface area contributed by atoms with E-state index in [1.54, 1.807) is 0 Å². The maximum absolute atomic E-state index is 2.39. The number of benzene rings is 8. The summed E-state index contributed by atoms with van der Waals surface area (Å²) in [6.45, 7) is 0. The van der Waals surface area contributed by atoms with Crippen molar-refractivity contribution in [1.29, 1.82) is 0 Å². The molecule has 0 aliphatic heterocycles. The molecule has 8 aromatic rings. The van der Waals surface area contributed by atoms with Crippen molar-refractivity contribution < 1.29 is 0 Å². The van der Waals surface area contributed by atoms with Crippen LogP contribution in [0.15, 0.2) is 182 Å². The first-order valence-electron chi connectivity index (χ1n) is 15.0.